The van der Waals surface area contributed by atoms with E-state index in [0.717, 1.165) is 70.5 Å². The molecule has 0 bridgehead atoms. The predicted octanol–water partition coefficient (Wildman–Crippen LogP) is 3.65. The monoisotopic (exact) mass is 823 g/mol. The van der Waals surface area contributed by atoms with Crippen LogP contribution in [0.15, 0.2) is 47.7 Å². The van der Waals surface area contributed by atoms with E-state index in [2.05, 4.69) is 47.5 Å². The van der Waals surface area contributed by atoms with E-state index in [9.17, 15) is 28.0 Å². The molecule has 18 heteroatoms. The Hall–Kier alpha value is -5.77. The summed E-state index contributed by atoms with van der Waals surface area (Å²) in [5.41, 5.74) is 2.57. The summed E-state index contributed by atoms with van der Waals surface area (Å²) in [6.45, 7) is 6.35. The van der Waals surface area contributed by atoms with Crippen LogP contribution < -0.4 is 16.3 Å². The van der Waals surface area contributed by atoms with Crippen LogP contribution in [-0.4, -0.2) is 114 Å². The Morgan fingerprint density at radius 1 is 1.03 bits per heavy atom. The number of imidazole rings is 1. The summed E-state index contributed by atoms with van der Waals surface area (Å²) in [7, 11) is 1.67. The number of hydrogen-bond acceptors (Lipinski definition) is 10. The third-order valence-corrected chi connectivity index (χ3v) is 12.5. The van der Waals surface area contributed by atoms with Crippen LogP contribution >= 0.6 is 0 Å². The van der Waals surface area contributed by atoms with Gasteiger partial charge in [-0.2, -0.15) is 10.2 Å². The Kier molecular flexibility index (Phi) is 11.0. The van der Waals surface area contributed by atoms with E-state index < -0.39 is 30.0 Å². The highest BCUT2D eigenvalue weighted by molar-refractivity contribution is 6.08. The molecule has 1 unspecified atom stereocenters. The van der Waals surface area contributed by atoms with E-state index in [1.54, 1.807) is 24.0 Å². The zero-order chi connectivity index (χ0) is 41.5. The van der Waals surface area contributed by atoms with Crippen LogP contribution in [0.4, 0.5) is 14.5 Å². The van der Waals surface area contributed by atoms with Gasteiger partial charge in [0.15, 0.2) is 11.3 Å². The molecular weight excluding hydrogens is 777 g/mol. The molecule has 3 aliphatic heterocycles. The van der Waals surface area contributed by atoms with E-state index in [0.29, 0.717) is 47.9 Å². The number of para-hydroxylation sites is 1. The lowest BCUT2D eigenvalue weighted by molar-refractivity contribution is -0.135. The number of alkyl halides is 2. The van der Waals surface area contributed by atoms with Gasteiger partial charge in [0.1, 0.15) is 11.6 Å². The van der Waals surface area contributed by atoms with Crippen LogP contribution in [0.1, 0.15) is 96.7 Å². The van der Waals surface area contributed by atoms with Gasteiger partial charge >= 0.3 is 5.69 Å². The largest absolute Gasteiger partial charge is 0.381 e. The lowest BCUT2D eigenvalue weighted by Gasteiger charge is -2.37. The number of piperazine rings is 1. The minimum Gasteiger partial charge on any atom is -0.381 e. The Balaban J connectivity index is 0.769. The zero-order valence-corrected chi connectivity index (χ0v) is 33.4. The average Bonchev–Trinajstić information content (AvgIpc) is 4.06. The normalized spacial score (nSPS) is 23.0. The second-order valence-electron chi connectivity index (χ2n) is 16.3. The zero-order valence-electron chi connectivity index (χ0n) is 33.4. The number of imide groups is 1. The molecule has 314 valence electrons. The number of piperidine rings is 1. The van der Waals surface area contributed by atoms with Crippen molar-refractivity contribution in [2.45, 2.75) is 69.4 Å². The Labute approximate surface area is 343 Å². The van der Waals surface area contributed by atoms with Crippen LogP contribution in [0.5, 0.6) is 0 Å². The number of ether oxygens (including phenoxy) is 1. The number of halogens is 2. The first-order valence-corrected chi connectivity index (χ1v) is 20.7. The van der Waals surface area contributed by atoms with Crippen LogP contribution in [-0.2, 0) is 21.4 Å². The van der Waals surface area contributed by atoms with Crippen molar-refractivity contribution in [1.29, 1.82) is 0 Å². The van der Waals surface area contributed by atoms with Crippen LogP contribution in [0.2, 0.25) is 0 Å². The second-order valence-corrected chi connectivity index (χ2v) is 16.3. The number of carbonyl (C=O) groups is 3. The lowest BCUT2D eigenvalue weighted by Crippen LogP contribution is -2.48. The Bertz CT molecular complexity index is 2560. The van der Waals surface area contributed by atoms with Crippen LogP contribution in [0.25, 0.3) is 16.7 Å². The molecule has 60 heavy (non-hydrogen) atoms. The van der Waals surface area contributed by atoms with Gasteiger partial charge < -0.3 is 15.0 Å². The second kappa shape index (κ2) is 16.7. The van der Waals surface area contributed by atoms with Crippen molar-refractivity contribution >= 4 is 40.1 Å². The minimum absolute atomic E-state index is 0.00841. The molecule has 1 aliphatic carbocycles. The summed E-state index contributed by atoms with van der Waals surface area (Å²) in [4.78, 5) is 60.5. The van der Waals surface area contributed by atoms with Crippen molar-refractivity contribution in [3.63, 3.8) is 0 Å². The number of carbonyl (C=O) groups excluding carboxylic acids is 3. The maximum absolute atomic E-state index is 14.2. The number of benzene rings is 1. The molecule has 5 aromatic rings. The summed E-state index contributed by atoms with van der Waals surface area (Å²) >= 11 is 0. The first kappa shape index (κ1) is 39.7. The molecule has 3 amide bonds. The van der Waals surface area contributed by atoms with Gasteiger partial charge in [-0.25, -0.2) is 23.1 Å². The number of nitrogens with one attached hydrogen (secondary N) is 2. The summed E-state index contributed by atoms with van der Waals surface area (Å²) in [5.74, 6) is 5.81. The molecule has 7 heterocycles. The van der Waals surface area contributed by atoms with E-state index in [4.69, 9.17) is 4.74 Å². The van der Waals surface area contributed by atoms with Crippen molar-refractivity contribution in [1.82, 2.24) is 48.6 Å². The van der Waals surface area contributed by atoms with Crippen LogP contribution in [0.3, 0.4) is 0 Å². The molecule has 16 nitrogen and oxygen atoms in total. The van der Waals surface area contributed by atoms with Gasteiger partial charge in [-0.05, 0) is 62.6 Å². The molecule has 4 aromatic heterocycles. The number of rotatable bonds is 9. The van der Waals surface area contributed by atoms with Crippen molar-refractivity contribution in [2.24, 2.45) is 13.0 Å². The predicted molar refractivity (Wildman–Crippen MR) is 216 cm³/mol. The number of fused-ring (bicyclic) bond motifs is 2. The fraction of sp³-hybridized carbons (Fsp3) is 0.500. The number of aryl methyl sites for hydroxylation is 1. The highest BCUT2D eigenvalue weighted by atomic mass is 19.3. The van der Waals surface area contributed by atoms with Gasteiger partial charge in [-0.15, -0.1) is 0 Å². The quantitative estimate of drug-likeness (QED) is 0.166. The highest BCUT2D eigenvalue weighted by Crippen LogP contribution is 2.36. The minimum atomic E-state index is -2.86. The van der Waals surface area contributed by atoms with Crippen molar-refractivity contribution in [3.05, 3.63) is 75.9 Å². The Morgan fingerprint density at radius 2 is 1.83 bits per heavy atom. The number of anilines is 1. The smallest absolute Gasteiger partial charge is 0.329 e. The molecule has 2 atom stereocenters. The summed E-state index contributed by atoms with van der Waals surface area (Å²) in [6.07, 6.45) is 6.62. The molecule has 2 N–H and O–H groups in total. The molecule has 1 saturated carbocycles. The van der Waals surface area contributed by atoms with E-state index in [1.807, 2.05) is 18.2 Å². The van der Waals surface area contributed by atoms with E-state index in [-0.39, 0.29) is 47.6 Å². The van der Waals surface area contributed by atoms with Crippen molar-refractivity contribution in [3.8, 4) is 11.8 Å². The van der Waals surface area contributed by atoms with E-state index in [1.165, 1.54) is 26.0 Å². The molecule has 9 rings (SSSR count). The molecular formula is C42H47F2N11O5. The Morgan fingerprint density at radius 3 is 2.58 bits per heavy atom. The van der Waals surface area contributed by atoms with Gasteiger partial charge in [-0.1, -0.05) is 17.9 Å². The topological polar surface area (TPSA) is 166 Å². The lowest BCUT2D eigenvalue weighted by atomic mass is 9.85. The fourth-order valence-corrected chi connectivity index (χ4v) is 9.18. The van der Waals surface area contributed by atoms with Gasteiger partial charge in [0.25, 0.3) is 12.3 Å². The molecule has 4 aliphatic rings. The van der Waals surface area contributed by atoms with Crippen molar-refractivity contribution < 1.29 is 27.9 Å². The number of nitrogens with zero attached hydrogens (tertiary/aromatic N) is 9. The number of aromatic nitrogens is 7. The first-order chi connectivity index (χ1) is 29.1. The van der Waals surface area contributed by atoms with Crippen molar-refractivity contribution in [2.75, 3.05) is 57.8 Å². The summed E-state index contributed by atoms with van der Waals surface area (Å²) in [5, 5.41) is 13.5. The third-order valence-electron chi connectivity index (χ3n) is 12.5. The third kappa shape index (κ3) is 7.84. The maximum atomic E-state index is 14.2. The maximum Gasteiger partial charge on any atom is 0.329 e. The molecule has 3 saturated heterocycles. The van der Waals surface area contributed by atoms with Gasteiger partial charge in [-0.3, -0.25) is 38.4 Å². The van der Waals surface area contributed by atoms with E-state index >= 15 is 0 Å². The van der Waals surface area contributed by atoms with Gasteiger partial charge in [0, 0.05) is 76.8 Å². The van der Waals surface area contributed by atoms with Gasteiger partial charge in [0.2, 0.25) is 11.8 Å². The first-order valence-electron chi connectivity index (χ1n) is 20.7. The fourth-order valence-electron chi connectivity index (χ4n) is 9.18. The SMILES string of the molecule is Cn1c(=O)n(C2CCC(=O)NC2=O)c2cccc(C#CCN3CCN(C[C@H]4CC[C@H](n5cc(NC(=O)c6cnn7ccc([C@@H]8CCOC8)nc67)c(C(F)F)n5)CC4)CC3)c21. The average molecular weight is 824 g/mol. The van der Waals surface area contributed by atoms with Crippen LogP contribution in [0, 0.1) is 17.8 Å². The highest BCUT2D eigenvalue weighted by Gasteiger charge is 2.32. The summed E-state index contributed by atoms with van der Waals surface area (Å²) in [6, 6.07) is 6.58. The molecule has 1 aromatic carbocycles. The number of amides is 3. The summed E-state index contributed by atoms with van der Waals surface area (Å²) < 4.78 is 40.0. The molecule has 4 fully saturated rings. The molecule has 0 spiro atoms. The molecule has 0 radical (unpaired) electrons. The van der Waals surface area contributed by atoms with Gasteiger partial charge in [0.05, 0.1) is 47.7 Å². The number of hydrogen-bond donors (Lipinski definition) is 2. The standard InChI is InChI=1S/C42H47F2N11O5/c1-50-37-27(4-2-6-33(37)55(42(50)59)34-11-12-35(56)48-41(34)58)5-3-15-51-17-19-52(20-18-51)23-26-7-9-29(10-8-26)54-24-32(36(49-54)38(43)44)47-40(57)30-22-45-53-16-13-31(46-39(30)53)28-14-21-60-25-28/h2,4,6,13,16,22,24,26,28-29,34,38H,7-12,14-15,17-21,23,25H2,1H3,(H,47,57)(H,48,56,58)/t26-,28-,29-,34?/m1/s1.